The highest BCUT2D eigenvalue weighted by atomic mass is 32.2. The normalized spacial score (nSPS) is 23.9. The third-order valence-electron chi connectivity index (χ3n) is 7.27. The SMILES string of the molecule is CC(C)N1C(=O)SC2(CCCN(C3CCN(C(=O)c4c(NC(N)=O)sc5ncccc45)CC3)C2)C1=O. The Bertz CT molecular complexity index is 1220. The van der Waals surface area contributed by atoms with Gasteiger partial charge in [0, 0.05) is 43.3 Å². The first-order chi connectivity index (χ1) is 17.2. The summed E-state index contributed by atoms with van der Waals surface area (Å²) in [4.78, 5) is 61.4. The van der Waals surface area contributed by atoms with Crippen LogP contribution >= 0.6 is 23.1 Å². The molecule has 3 N–H and O–H groups in total. The van der Waals surface area contributed by atoms with Gasteiger partial charge in [-0.3, -0.25) is 29.5 Å². The molecule has 0 aliphatic carbocycles. The standard InChI is InChI=1S/C24H30N6O4S2/c1-14(2)30-21(32)24(36-23(30)34)8-4-10-29(13-24)15-6-11-28(12-7-15)20(31)17-16-5-3-9-26-18(16)35-19(17)27-22(25)33/h3,5,9,14-15H,4,6-8,10-13H2,1-2H3,(H3,25,27,33). The minimum atomic E-state index is -0.720. The van der Waals surface area contributed by atoms with Gasteiger partial charge in [0.1, 0.15) is 14.6 Å². The summed E-state index contributed by atoms with van der Waals surface area (Å²) in [7, 11) is 0. The molecule has 0 saturated carbocycles. The van der Waals surface area contributed by atoms with Gasteiger partial charge in [0.15, 0.2) is 0 Å². The van der Waals surface area contributed by atoms with E-state index in [4.69, 9.17) is 5.73 Å². The number of nitrogens with one attached hydrogen (secondary N) is 1. The van der Waals surface area contributed by atoms with Gasteiger partial charge in [0.05, 0.1) is 5.56 Å². The Balaban J connectivity index is 1.28. The van der Waals surface area contributed by atoms with Gasteiger partial charge in [-0.15, -0.1) is 0 Å². The number of fused-ring (bicyclic) bond motifs is 1. The van der Waals surface area contributed by atoms with Crippen LogP contribution in [0.1, 0.15) is 49.9 Å². The van der Waals surface area contributed by atoms with Crippen molar-refractivity contribution in [1.29, 1.82) is 0 Å². The van der Waals surface area contributed by atoms with Crippen molar-refractivity contribution in [2.75, 3.05) is 31.5 Å². The molecule has 192 valence electrons. The van der Waals surface area contributed by atoms with Crippen molar-refractivity contribution in [3.8, 4) is 0 Å². The maximum absolute atomic E-state index is 13.6. The van der Waals surface area contributed by atoms with Crippen molar-refractivity contribution in [3.05, 3.63) is 23.9 Å². The average Bonchev–Trinajstić information content (AvgIpc) is 3.31. The van der Waals surface area contributed by atoms with Crippen LogP contribution in [0, 0.1) is 0 Å². The monoisotopic (exact) mass is 530 g/mol. The number of hydrogen-bond acceptors (Lipinski definition) is 8. The van der Waals surface area contributed by atoms with E-state index in [1.165, 1.54) is 28.0 Å². The number of nitrogens with two attached hydrogens (primary N) is 1. The largest absolute Gasteiger partial charge is 0.351 e. The topological polar surface area (TPSA) is 129 Å². The zero-order valence-corrected chi connectivity index (χ0v) is 22.0. The second-order valence-electron chi connectivity index (χ2n) is 9.88. The van der Waals surface area contributed by atoms with Crippen molar-refractivity contribution in [2.24, 2.45) is 5.73 Å². The van der Waals surface area contributed by atoms with E-state index in [2.05, 4.69) is 15.2 Å². The van der Waals surface area contributed by atoms with Crippen LogP contribution in [-0.4, -0.2) is 85.8 Å². The Morgan fingerprint density at radius 1 is 1.22 bits per heavy atom. The van der Waals surface area contributed by atoms with E-state index in [1.807, 2.05) is 24.8 Å². The Kier molecular flexibility index (Phi) is 6.69. The summed E-state index contributed by atoms with van der Waals surface area (Å²) in [5.74, 6) is -0.205. The molecule has 1 spiro atoms. The van der Waals surface area contributed by atoms with Gasteiger partial charge < -0.3 is 10.6 Å². The highest BCUT2D eigenvalue weighted by Gasteiger charge is 2.55. The number of carbonyl (C=O) groups excluding carboxylic acids is 4. The molecule has 1 atom stereocenters. The third kappa shape index (κ3) is 4.35. The zero-order chi connectivity index (χ0) is 25.6. The van der Waals surface area contributed by atoms with E-state index < -0.39 is 10.8 Å². The van der Waals surface area contributed by atoms with Crippen molar-refractivity contribution in [2.45, 2.75) is 56.4 Å². The molecular weight excluding hydrogens is 500 g/mol. The van der Waals surface area contributed by atoms with E-state index in [9.17, 15) is 19.2 Å². The van der Waals surface area contributed by atoms with Gasteiger partial charge in [-0.1, -0.05) is 11.3 Å². The minimum absolute atomic E-state index is 0.0581. The van der Waals surface area contributed by atoms with E-state index in [0.29, 0.717) is 46.8 Å². The molecule has 0 radical (unpaired) electrons. The summed E-state index contributed by atoms with van der Waals surface area (Å²) < 4.78 is -0.690. The predicted octanol–water partition coefficient (Wildman–Crippen LogP) is 3.33. The second kappa shape index (κ2) is 9.64. The lowest BCUT2D eigenvalue weighted by Gasteiger charge is -2.44. The number of piperidine rings is 2. The van der Waals surface area contributed by atoms with Gasteiger partial charge in [0.2, 0.25) is 5.91 Å². The number of carbonyl (C=O) groups is 4. The Hall–Kier alpha value is -2.70. The minimum Gasteiger partial charge on any atom is -0.351 e. The van der Waals surface area contributed by atoms with Gasteiger partial charge in [-0.25, -0.2) is 9.78 Å². The van der Waals surface area contributed by atoms with Crippen molar-refractivity contribution in [1.82, 2.24) is 19.7 Å². The second-order valence-corrected chi connectivity index (χ2v) is 12.2. The molecule has 5 heterocycles. The zero-order valence-electron chi connectivity index (χ0n) is 20.4. The molecule has 5 rings (SSSR count). The van der Waals surface area contributed by atoms with Crippen LogP contribution in [0.5, 0.6) is 0 Å². The van der Waals surface area contributed by atoms with Crippen LogP contribution in [0.3, 0.4) is 0 Å². The first-order valence-corrected chi connectivity index (χ1v) is 13.9. The number of imide groups is 1. The molecule has 36 heavy (non-hydrogen) atoms. The van der Waals surface area contributed by atoms with Crippen molar-refractivity contribution in [3.63, 3.8) is 0 Å². The average molecular weight is 531 g/mol. The molecule has 3 saturated heterocycles. The molecule has 0 aromatic carbocycles. The molecule has 3 aliphatic rings. The number of anilines is 1. The molecule has 10 nitrogen and oxygen atoms in total. The fraction of sp³-hybridized carbons (Fsp3) is 0.542. The highest BCUT2D eigenvalue weighted by Crippen LogP contribution is 2.45. The van der Waals surface area contributed by atoms with Crippen molar-refractivity contribution < 1.29 is 19.2 Å². The summed E-state index contributed by atoms with van der Waals surface area (Å²) in [6, 6.07) is 2.98. The van der Waals surface area contributed by atoms with Crippen LogP contribution in [-0.2, 0) is 4.79 Å². The van der Waals surface area contributed by atoms with Crippen molar-refractivity contribution >= 4 is 61.4 Å². The van der Waals surface area contributed by atoms with Gasteiger partial charge in [-0.2, -0.15) is 0 Å². The molecule has 3 aliphatic heterocycles. The molecular formula is C24H30N6O4S2. The van der Waals surface area contributed by atoms with E-state index in [1.54, 1.807) is 12.3 Å². The Morgan fingerprint density at radius 3 is 2.64 bits per heavy atom. The lowest BCUT2D eigenvalue weighted by molar-refractivity contribution is -0.132. The Labute approximate surface area is 217 Å². The maximum atomic E-state index is 13.6. The molecule has 12 heteroatoms. The third-order valence-corrected chi connectivity index (χ3v) is 9.57. The summed E-state index contributed by atoms with van der Waals surface area (Å²) in [5, 5.41) is 3.56. The summed E-state index contributed by atoms with van der Waals surface area (Å²) >= 11 is 2.43. The van der Waals surface area contributed by atoms with Gasteiger partial charge in [0.25, 0.3) is 11.1 Å². The fourth-order valence-corrected chi connectivity index (χ4v) is 7.99. The van der Waals surface area contributed by atoms with Crippen LogP contribution in [0.2, 0.25) is 0 Å². The lowest BCUT2D eigenvalue weighted by atomic mass is 9.91. The number of rotatable bonds is 4. The molecule has 2 aromatic heterocycles. The predicted molar refractivity (Wildman–Crippen MR) is 140 cm³/mol. The maximum Gasteiger partial charge on any atom is 0.317 e. The fourth-order valence-electron chi connectivity index (χ4n) is 5.57. The number of aromatic nitrogens is 1. The number of urea groups is 1. The number of thioether (sulfide) groups is 1. The number of likely N-dealkylation sites (tertiary alicyclic amines) is 2. The number of amides is 5. The number of hydrogen-bond donors (Lipinski definition) is 2. The molecule has 0 bridgehead atoms. The summed E-state index contributed by atoms with van der Waals surface area (Å²) in [6.07, 6.45) is 4.80. The van der Waals surface area contributed by atoms with Crippen LogP contribution in [0.25, 0.3) is 10.2 Å². The Morgan fingerprint density at radius 2 is 1.97 bits per heavy atom. The van der Waals surface area contributed by atoms with E-state index in [0.717, 1.165) is 25.8 Å². The van der Waals surface area contributed by atoms with Crippen LogP contribution < -0.4 is 11.1 Å². The van der Waals surface area contributed by atoms with Gasteiger partial charge >= 0.3 is 6.03 Å². The number of thiophene rings is 1. The first-order valence-electron chi connectivity index (χ1n) is 12.2. The summed E-state index contributed by atoms with van der Waals surface area (Å²) in [5.41, 5.74) is 5.77. The van der Waals surface area contributed by atoms with Crippen LogP contribution in [0.15, 0.2) is 18.3 Å². The highest BCUT2D eigenvalue weighted by molar-refractivity contribution is 8.16. The van der Waals surface area contributed by atoms with Gasteiger partial charge in [-0.05, 0) is 70.0 Å². The number of pyridine rings is 1. The summed E-state index contributed by atoms with van der Waals surface area (Å²) in [6.45, 7) is 6.34. The molecule has 2 aromatic rings. The molecule has 5 amide bonds. The molecule has 1 unspecified atom stereocenters. The number of nitrogens with zero attached hydrogens (tertiary/aromatic N) is 4. The van der Waals surface area contributed by atoms with E-state index >= 15 is 0 Å². The number of primary amides is 1. The smallest absolute Gasteiger partial charge is 0.317 e. The lowest BCUT2D eigenvalue weighted by Crippen LogP contribution is -2.56. The van der Waals surface area contributed by atoms with E-state index in [-0.39, 0.29) is 29.1 Å². The first kappa shape index (κ1) is 25.0. The quantitative estimate of drug-likeness (QED) is 0.620. The van der Waals surface area contributed by atoms with Crippen LogP contribution in [0.4, 0.5) is 14.6 Å². The molecule has 3 fully saturated rings.